The molecular weight excluding hydrogens is 393 g/mol. The van der Waals surface area contributed by atoms with Gasteiger partial charge in [-0.1, -0.05) is 18.2 Å². The Morgan fingerprint density at radius 3 is 2.40 bits per heavy atom. The summed E-state index contributed by atoms with van der Waals surface area (Å²) in [7, 11) is 0. The topological polar surface area (TPSA) is 111 Å². The largest absolute Gasteiger partial charge is 0.457 e. The highest BCUT2D eigenvalue weighted by Crippen LogP contribution is 2.30. The smallest absolute Gasteiger partial charge is 0.270 e. The molecule has 0 aliphatic rings. The number of rotatable bonds is 6. The quantitative estimate of drug-likeness (QED) is 0.451. The molecule has 2 amide bonds. The van der Waals surface area contributed by atoms with E-state index >= 15 is 0 Å². The summed E-state index contributed by atoms with van der Waals surface area (Å²) in [5, 5.41) is 16.0. The summed E-state index contributed by atoms with van der Waals surface area (Å²) in [5.74, 6) is -1.31. The van der Waals surface area contributed by atoms with Gasteiger partial charge >= 0.3 is 0 Å². The van der Waals surface area contributed by atoms with Crippen LogP contribution in [0.25, 0.3) is 0 Å². The van der Waals surface area contributed by atoms with E-state index in [2.05, 4.69) is 10.6 Å². The van der Waals surface area contributed by atoms with Crippen molar-refractivity contribution in [2.24, 2.45) is 0 Å². The van der Waals surface area contributed by atoms with Gasteiger partial charge in [0.15, 0.2) is 0 Å². The lowest BCUT2D eigenvalue weighted by Gasteiger charge is -2.12. The molecule has 0 radical (unpaired) electrons. The average molecular weight is 409 g/mol. The van der Waals surface area contributed by atoms with Crippen molar-refractivity contribution in [1.82, 2.24) is 0 Å². The minimum atomic E-state index is -0.704. The molecule has 0 unspecified atom stereocenters. The van der Waals surface area contributed by atoms with E-state index in [1.807, 2.05) is 0 Å². The van der Waals surface area contributed by atoms with Crippen molar-refractivity contribution in [3.63, 3.8) is 0 Å². The Bertz CT molecular complexity index is 1120. The van der Waals surface area contributed by atoms with Crippen LogP contribution in [0.5, 0.6) is 11.5 Å². The van der Waals surface area contributed by atoms with Gasteiger partial charge in [0.1, 0.15) is 17.3 Å². The van der Waals surface area contributed by atoms with Crippen LogP contribution in [0.15, 0.2) is 66.7 Å². The lowest BCUT2D eigenvalue weighted by atomic mass is 10.1. The number of nitro benzene ring substituents is 1. The molecule has 0 fully saturated rings. The fraction of sp³-hybridized carbons (Fsp3) is 0.0476. The van der Waals surface area contributed by atoms with Crippen LogP contribution in [-0.4, -0.2) is 16.7 Å². The summed E-state index contributed by atoms with van der Waals surface area (Å²) in [6.07, 6.45) is 0. The predicted octanol–water partition coefficient (Wildman–Crippen LogP) is 4.74. The zero-order chi connectivity index (χ0) is 21.7. The molecule has 0 spiro atoms. The van der Waals surface area contributed by atoms with Crippen LogP contribution in [0.2, 0.25) is 0 Å². The van der Waals surface area contributed by atoms with Crippen molar-refractivity contribution in [3.05, 3.63) is 88.2 Å². The van der Waals surface area contributed by atoms with Crippen molar-refractivity contribution in [2.45, 2.75) is 6.92 Å². The van der Waals surface area contributed by atoms with Gasteiger partial charge in [0.2, 0.25) is 5.91 Å². The number of anilines is 2. The molecule has 0 saturated heterocycles. The van der Waals surface area contributed by atoms with E-state index in [0.29, 0.717) is 5.75 Å². The molecule has 0 saturated carbocycles. The van der Waals surface area contributed by atoms with Crippen LogP contribution in [0.1, 0.15) is 17.3 Å². The van der Waals surface area contributed by atoms with Gasteiger partial charge in [-0.2, -0.15) is 0 Å². The first kappa shape index (κ1) is 20.5. The number of halogens is 1. The molecule has 0 atom stereocenters. The van der Waals surface area contributed by atoms with E-state index in [9.17, 15) is 24.1 Å². The standard InChI is InChI=1S/C21H16FN3O5/c1-13(26)23-19-11-14(7-9-18(19)22)24-21(27)17-12-15(25(28)29)8-10-20(17)30-16-5-3-2-4-6-16/h2-12H,1H3,(H,23,26)(H,24,27). The summed E-state index contributed by atoms with van der Waals surface area (Å²) >= 11 is 0. The second-order valence-electron chi connectivity index (χ2n) is 6.18. The zero-order valence-electron chi connectivity index (χ0n) is 15.7. The molecule has 3 aromatic carbocycles. The fourth-order valence-electron chi connectivity index (χ4n) is 2.60. The third-order valence-corrected chi connectivity index (χ3v) is 3.92. The lowest BCUT2D eigenvalue weighted by molar-refractivity contribution is -0.384. The van der Waals surface area contributed by atoms with Gasteiger partial charge in [-0.15, -0.1) is 0 Å². The highest BCUT2D eigenvalue weighted by atomic mass is 19.1. The fourth-order valence-corrected chi connectivity index (χ4v) is 2.60. The molecule has 8 nitrogen and oxygen atoms in total. The maximum absolute atomic E-state index is 13.8. The normalized spacial score (nSPS) is 10.2. The van der Waals surface area contributed by atoms with E-state index in [1.54, 1.807) is 30.3 Å². The molecule has 152 valence electrons. The van der Waals surface area contributed by atoms with E-state index in [4.69, 9.17) is 4.74 Å². The number of nitro groups is 1. The number of hydrogen-bond acceptors (Lipinski definition) is 5. The Balaban J connectivity index is 1.93. The summed E-state index contributed by atoms with van der Waals surface area (Å²) in [6, 6.07) is 15.9. The second-order valence-corrected chi connectivity index (χ2v) is 6.18. The molecule has 0 bridgehead atoms. The molecule has 30 heavy (non-hydrogen) atoms. The molecule has 0 heterocycles. The lowest BCUT2D eigenvalue weighted by Crippen LogP contribution is -2.14. The monoisotopic (exact) mass is 409 g/mol. The maximum atomic E-state index is 13.8. The number of nitrogens with one attached hydrogen (secondary N) is 2. The Hall–Kier alpha value is -4.27. The SMILES string of the molecule is CC(=O)Nc1cc(NC(=O)c2cc([N+](=O)[O-])ccc2Oc2ccccc2)ccc1F. The third-order valence-electron chi connectivity index (χ3n) is 3.92. The number of carbonyl (C=O) groups excluding carboxylic acids is 2. The number of carbonyl (C=O) groups is 2. The van der Waals surface area contributed by atoms with Crippen LogP contribution < -0.4 is 15.4 Å². The number of amides is 2. The first-order chi connectivity index (χ1) is 14.3. The number of benzene rings is 3. The minimum Gasteiger partial charge on any atom is -0.457 e. The van der Waals surface area contributed by atoms with Crippen molar-refractivity contribution in [3.8, 4) is 11.5 Å². The molecule has 0 aliphatic carbocycles. The summed E-state index contributed by atoms with van der Waals surface area (Å²) < 4.78 is 19.5. The Morgan fingerprint density at radius 2 is 1.73 bits per heavy atom. The van der Waals surface area contributed by atoms with Gasteiger partial charge in [0.05, 0.1) is 16.2 Å². The Kier molecular flexibility index (Phi) is 6.02. The summed E-state index contributed by atoms with van der Waals surface area (Å²) in [4.78, 5) is 34.5. The Labute approximate surface area is 170 Å². The molecule has 3 aromatic rings. The van der Waals surface area contributed by atoms with E-state index < -0.39 is 22.6 Å². The van der Waals surface area contributed by atoms with Crippen LogP contribution >= 0.6 is 0 Å². The molecule has 2 N–H and O–H groups in total. The van der Waals surface area contributed by atoms with E-state index in [0.717, 1.165) is 12.1 Å². The van der Waals surface area contributed by atoms with Gasteiger partial charge in [0, 0.05) is 24.7 Å². The van der Waals surface area contributed by atoms with Crippen LogP contribution in [-0.2, 0) is 4.79 Å². The van der Waals surface area contributed by atoms with Crippen molar-refractivity contribution in [1.29, 1.82) is 0 Å². The minimum absolute atomic E-state index is 0.0848. The van der Waals surface area contributed by atoms with Crippen LogP contribution in [0.4, 0.5) is 21.5 Å². The summed E-state index contributed by atoms with van der Waals surface area (Å²) in [6.45, 7) is 1.22. The van der Waals surface area contributed by atoms with Gasteiger partial charge in [0.25, 0.3) is 11.6 Å². The number of para-hydroxylation sites is 1. The first-order valence-corrected chi connectivity index (χ1v) is 8.73. The first-order valence-electron chi connectivity index (χ1n) is 8.73. The molecule has 0 aliphatic heterocycles. The number of non-ortho nitro benzene ring substituents is 1. The number of nitrogens with zero attached hydrogens (tertiary/aromatic N) is 1. The van der Waals surface area contributed by atoms with E-state index in [-0.39, 0.29) is 28.4 Å². The Morgan fingerprint density at radius 1 is 1.00 bits per heavy atom. The predicted molar refractivity (Wildman–Crippen MR) is 108 cm³/mol. The molecule has 9 heteroatoms. The highest BCUT2D eigenvalue weighted by Gasteiger charge is 2.19. The number of ether oxygens (including phenoxy) is 1. The van der Waals surface area contributed by atoms with Gasteiger partial charge in [-0.05, 0) is 36.4 Å². The molecule has 0 aromatic heterocycles. The number of hydrogen-bond donors (Lipinski definition) is 2. The van der Waals surface area contributed by atoms with Crippen LogP contribution in [0.3, 0.4) is 0 Å². The van der Waals surface area contributed by atoms with E-state index in [1.165, 1.54) is 31.2 Å². The second kappa shape index (κ2) is 8.82. The van der Waals surface area contributed by atoms with Crippen LogP contribution in [0, 0.1) is 15.9 Å². The average Bonchev–Trinajstić information content (AvgIpc) is 2.71. The van der Waals surface area contributed by atoms with Crippen molar-refractivity contribution in [2.75, 3.05) is 10.6 Å². The zero-order valence-corrected chi connectivity index (χ0v) is 15.7. The van der Waals surface area contributed by atoms with Crippen molar-refractivity contribution >= 4 is 28.9 Å². The van der Waals surface area contributed by atoms with Gasteiger partial charge < -0.3 is 15.4 Å². The molecule has 3 rings (SSSR count). The molecular formula is C21H16FN3O5. The van der Waals surface area contributed by atoms with Crippen molar-refractivity contribution < 1.29 is 23.6 Å². The third kappa shape index (κ3) is 4.96. The highest BCUT2D eigenvalue weighted by molar-refractivity contribution is 6.07. The van der Waals surface area contributed by atoms with Gasteiger partial charge in [-0.3, -0.25) is 19.7 Å². The van der Waals surface area contributed by atoms with Gasteiger partial charge in [-0.25, -0.2) is 4.39 Å². The summed E-state index contributed by atoms with van der Waals surface area (Å²) in [5.41, 5.74) is -0.306. The maximum Gasteiger partial charge on any atom is 0.270 e.